The summed E-state index contributed by atoms with van der Waals surface area (Å²) >= 11 is 1.63. The highest BCUT2D eigenvalue weighted by Gasteiger charge is 2.14. The summed E-state index contributed by atoms with van der Waals surface area (Å²) in [7, 11) is -1.05. The van der Waals surface area contributed by atoms with Crippen LogP contribution in [0.2, 0.25) is 0 Å². The predicted octanol–water partition coefficient (Wildman–Crippen LogP) is 6.27. The quantitative estimate of drug-likeness (QED) is 0.497. The zero-order chi connectivity index (χ0) is 15.2. The summed E-state index contributed by atoms with van der Waals surface area (Å²) in [6, 6.07) is 24.6. The van der Waals surface area contributed by atoms with Crippen molar-refractivity contribution in [2.24, 2.45) is 0 Å². The molecular formula is C18H17O2PS. The Morgan fingerprint density at radius 1 is 0.864 bits per heavy atom. The molecule has 112 valence electrons. The first-order chi connectivity index (χ1) is 10.8. The summed E-state index contributed by atoms with van der Waals surface area (Å²) < 4.78 is 11.8. The van der Waals surface area contributed by atoms with Crippen molar-refractivity contribution < 1.29 is 9.05 Å². The van der Waals surface area contributed by atoms with Crippen LogP contribution < -0.4 is 4.52 Å². The third-order valence-corrected chi connectivity index (χ3v) is 6.14. The first kappa shape index (κ1) is 15.4. The molecule has 0 amide bonds. The van der Waals surface area contributed by atoms with Crippen molar-refractivity contribution >= 4 is 29.7 Å². The topological polar surface area (TPSA) is 18.5 Å². The molecule has 22 heavy (non-hydrogen) atoms. The monoisotopic (exact) mass is 328 g/mol. The first-order valence-corrected chi connectivity index (χ1v) is 9.78. The molecular weight excluding hydrogens is 311 g/mol. The molecule has 0 saturated carbocycles. The molecule has 0 saturated heterocycles. The van der Waals surface area contributed by atoms with E-state index in [0.29, 0.717) is 6.61 Å². The van der Waals surface area contributed by atoms with Gasteiger partial charge in [-0.05, 0) is 53.3 Å². The SMILES string of the molecule is CCOP(Oc1ccc2ccccc2c1)Sc1ccccc1. The molecule has 0 aliphatic rings. The fourth-order valence-electron chi connectivity index (χ4n) is 2.05. The maximum atomic E-state index is 6.07. The van der Waals surface area contributed by atoms with Gasteiger partial charge in [-0.2, -0.15) is 0 Å². The standard InChI is InChI=1S/C18H17O2PS/c1-2-19-21(22-18-10-4-3-5-11-18)20-17-13-12-15-8-6-7-9-16(15)14-17/h3-14H,2H2,1H3. The van der Waals surface area contributed by atoms with Crippen molar-refractivity contribution in [3.05, 3.63) is 72.8 Å². The highest BCUT2D eigenvalue weighted by atomic mass is 32.7. The average molecular weight is 328 g/mol. The van der Waals surface area contributed by atoms with Crippen LogP contribution in [0.3, 0.4) is 0 Å². The molecule has 0 spiro atoms. The number of benzene rings is 3. The second-order valence-corrected chi connectivity index (χ2v) is 7.63. The van der Waals surface area contributed by atoms with Crippen molar-refractivity contribution in [2.75, 3.05) is 6.61 Å². The van der Waals surface area contributed by atoms with Gasteiger partial charge in [0.05, 0.1) is 6.61 Å². The van der Waals surface area contributed by atoms with Crippen molar-refractivity contribution in [1.82, 2.24) is 0 Å². The summed E-state index contributed by atoms with van der Waals surface area (Å²) in [5.41, 5.74) is 0. The van der Waals surface area contributed by atoms with Crippen molar-refractivity contribution in [1.29, 1.82) is 0 Å². The van der Waals surface area contributed by atoms with Gasteiger partial charge >= 0.3 is 7.58 Å². The van der Waals surface area contributed by atoms with Gasteiger partial charge in [-0.1, -0.05) is 48.5 Å². The lowest BCUT2D eigenvalue weighted by molar-refractivity contribution is 0.347. The van der Waals surface area contributed by atoms with E-state index in [1.165, 1.54) is 10.8 Å². The fraction of sp³-hybridized carbons (Fsp3) is 0.111. The Balaban J connectivity index is 1.76. The second-order valence-electron chi connectivity index (χ2n) is 4.65. The smallest absolute Gasteiger partial charge is 0.303 e. The van der Waals surface area contributed by atoms with Gasteiger partial charge in [0.2, 0.25) is 0 Å². The summed E-state index contributed by atoms with van der Waals surface area (Å²) in [5, 5.41) is 2.39. The lowest BCUT2D eigenvalue weighted by Gasteiger charge is -2.16. The third-order valence-electron chi connectivity index (χ3n) is 3.06. The molecule has 3 aromatic carbocycles. The van der Waals surface area contributed by atoms with E-state index >= 15 is 0 Å². The van der Waals surface area contributed by atoms with Gasteiger partial charge in [0.15, 0.2) is 0 Å². The van der Waals surface area contributed by atoms with E-state index in [-0.39, 0.29) is 0 Å². The van der Waals surface area contributed by atoms with Gasteiger partial charge in [0, 0.05) is 4.90 Å². The fourth-order valence-corrected chi connectivity index (χ4v) is 4.87. The lowest BCUT2D eigenvalue weighted by atomic mass is 10.1. The van der Waals surface area contributed by atoms with Crippen LogP contribution in [-0.4, -0.2) is 6.61 Å². The molecule has 0 fully saturated rings. The number of hydrogen-bond acceptors (Lipinski definition) is 3. The highest BCUT2D eigenvalue weighted by Crippen LogP contribution is 2.55. The molecule has 3 rings (SSSR count). The van der Waals surface area contributed by atoms with Gasteiger partial charge < -0.3 is 9.05 Å². The van der Waals surface area contributed by atoms with E-state index in [4.69, 9.17) is 9.05 Å². The summed E-state index contributed by atoms with van der Waals surface area (Å²) in [6.07, 6.45) is 0. The molecule has 0 radical (unpaired) electrons. The average Bonchev–Trinajstić information content (AvgIpc) is 2.56. The van der Waals surface area contributed by atoms with Gasteiger partial charge in [-0.3, -0.25) is 0 Å². The van der Waals surface area contributed by atoms with Gasteiger partial charge in [-0.25, -0.2) is 0 Å². The van der Waals surface area contributed by atoms with E-state index in [2.05, 4.69) is 36.4 Å². The van der Waals surface area contributed by atoms with Crippen molar-refractivity contribution in [2.45, 2.75) is 11.8 Å². The Bertz CT molecular complexity index is 733. The minimum atomic E-state index is -1.05. The van der Waals surface area contributed by atoms with E-state index in [1.807, 2.05) is 43.3 Å². The molecule has 0 aliphatic heterocycles. The Labute approximate surface area is 136 Å². The normalized spacial score (nSPS) is 12.2. The minimum Gasteiger partial charge on any atom is -0.439 e. The maximum absolute atomic E-state index is 6.07. The Morgan fingerprint density at radius 2 is 1.59 bits per heavy atom. The zero-order valence-corrected chi connectivity index (χ0v) is 14.0. The first-order valence-electron chi connectivity index (χ1n) is 7.18. The largest absolute Gasteiger partial charge is 0.439 e. The molecule has 2 nitrogen and oxygen atoms in total. The lowest BCUT2D eigenvalue weighted by Crippen LogP contribution is -1.90. The Kier molecular flexibility index (Phi) is 5.33. The van der Waals surface area contributed by atoms with Crippen LogP contribution in [0.4, 0.5) is 0 Å². The van der Waals surface area contributed by atoms with Crippen molar-refractivity contribution in [3.63, 3.8) is 0 Å². The van der Waals surface area contributed by atoms with E-state index < -0.39 is 7.58 Å². The number of fused-ring (bicyclic) bond motifs is 1. The van der Waals surface area contributed by atoms with Crippen LogP contribution in [0.25, 0.3) is 10.8 Å². The third kappa shape index (κ3) is 4.01. The van der Waals surface area contributed by atoms with E-state index in [0.717, 1.165) is 10.6 Å². The molecule has 4 heteroatoms. The molecule has 1 unspecified atom stereocenters. The predicted molar refractivity (Wildman–Crippen MR) is 95.4 cm³/mol. The maximum Gasteiger partial charge on any atom is 0.303 e. The van der Waals surface area contributed by atoms with E-state index in [9.17, 15) is 0 Å². The molecule has 0 heterocycles. The van der Waals surface area contributed by atoms with Crippen LogP contribution >= 0.6 is 19.0 Å². The minimum absolute atomic E-state index is 0.638. The highest BCUT2D eigenvalue weighted by molar-refractivity contribution is 8.53. The second kappa shape index (κ2) is 7.64. The van der Waals surface area contributed by atoms with Gasteiger partial charge in [0.1, 0.15) is 5.75 Å². The van der Waals surface area contributed by atoms with Crippen LogP contribution in [0.5, 0.6) is 5.75 Å². The molecule has 0 aromatic heterocycles. The molecule has 3 aromatic rings. The summed E-state index contributed by atoms with van der Waals surface area (Å²) in [4.78, 5) is 1.16. The van der Waals surface area contributed by atoms with Crippen LogP contribution in [0.15, 0.2) is 77.7 Å². The zero-order valence-electron chi connectivity index (χ0n) is 12.3. The Hall–Kier alpha value is -1.54. The van der Waals surface area contributed by atoms with Crippen LogP contribution in [0, 0.1) is 0 Å². The number of hydrogen-bond donors (Lipinski definition) is 0. The van der Waals surface area contributed by atoms with Crippen molar-refractivity contribution in [3.8, 4) is 5.75 Å². The number of rotatable bonds is 6. The summed E-state index contributed by atoms with van der Waals surface area (Å²) in [5.74, 6) is 0.849. The van der Waals surface area contributed by atoms with Gasteiger partial charge in [0.25, 0.3) is 0 Å². The van der Waals surface area contributed by atoms with Gasteiger partial charge in [-0.15, -0.1) is 0 Å². The molecule has 0 N–H and O–H groups in total. The summed E-state index contributed by atoms with van der Waals surface area (Å²) in [6.45, 7) is 2.63. The molecule has 0 aliphatic carbocycles. The van der Waals surface area contributed by atoms with E-state index in [1.54, 1.807) is 11.4 Å². The molecule has 1 atom stereocenters. The van der Waals surface area contributed by atoms with Crippen LogP contribution in [0.1, 0.15) is 6.92 Å². The Morgan fingerprint density at radius 3 is 2.36 bits per heavy atom. The molecule has 0 bridgehead atoms. The van der Waals surface area contributed by atoms with Crippen LogP contribution in [-0.2, 0) is 4.52 Å².